The molecule has 0 aliphatic rings. The summed E-state index contributed by atoms with van der Waals surface area (Å²) in [5.74, 6) is 1.45. The lowest BCUT2D eigenvalue weighted by molar-refractivity contribution is 0.196. The predicted molar refractivity (Wildman–Crippen MR) is 75.7 cm³/mol. The summed E-state index contributed by atoms with van der Waals surface area (Å²) < 4.78 is 11.0. The predicted octanol–water partition coefficient (Wildman–Crippen LogP) is 3.27. The zero-order valence-corrected chi connectivity index (χ0v) is 12.3. The molecular formula is C14H22ClNO2. The van der Waals surface area contributed by atoms with Crippen LogP contribution in [0.15, 0.2) is 12.1 Å². The molecule has 0 radical (unpaired) electrons. The highest BCUT2D eigenvalue weighted by Gasteiger charge is 2.15. The Morgan fingerprint density at radius 1 is 1.22 bits per heavy atom. The molecule has 1 aromatic rings. The van der Waals surface area contributed by atoms with E-state index in [-0.39, 0.29) is 5.41 Å². The number of rotatable bonds is 5. The molecule has 0 spiro atoms. The number of benzene rings is 1. The van der Waals surface area contributed by atoms with Crippen LogP contribution >= 0.6 is 11.6 Å². The van der Waals surface area contributed by atoms with Crippen LogP contribution in [-0.4, -0.2) is 20.3 Å². The fourth-order valence-electron chi connectivity index (χ4n) is 1.51. The van der Waals surface area contributed by atoms with Crippen LogP contribution in [0.4, 0.5) is 0 Å². The third-order valence-corrected chi connectivity index (χ3v) is 2.70. The van der Waals surface area contributed by atoms with E-state index in [4.69, 9.17) is 26.8 Å². The quantitative estimate of drug-likeness (QED) is 0.894. The summed E-state index contributed by atoms with van der Waals surface area (Å²) in [6, 6.07) is 3.70. The minimum Gasteiger partial charge on any atom is -0.495 e. The summed E-state index contributed by atoms with van der Waals surface area (Å²) in [5.41, 5.74) is 6.75. The Balaban J connectivity index is 2.97. The van der Waals surface area contributed by atoms with Gasteiger partial charge in [-0.25, -0.2) is 0 Å². The first kappa shape index (κ1) is 15.1. The number of halogens is 1. The van der Waals surface area contributed by atoms with E-state index in [9.17, 15) is 0 Å². The van der Waals surface area contributed by atoms with E-state index in [2.05, 4.69) is 20.8 Å². The first-order chi connectivity index (χ1) is 8.37. The highest BCUT2D eigenvalue weighted by atomic mass is 35.5. The molecule has 0 aliphatic heterocycles. The van der Waals surface area contributed by atoms with Crippen LogP contribution in [0.1, 0.15) is 26.3 Å². The molecule has 0 heterocycles. The number of methoxy groups -OCH3 is 1. The Morgan fingerprint density at radius 2 is 1.89 bits per heavy atom. The van der Waals surface area contributed by atoms with Crippen molar-refractivity contribution in [1.82, 2.24) is 0 Å². The van der Waals surface area contributed by atoms with Crippen LogP contribution in [0.2, 0.25) is 5.02 Å². The molecule has 0 bridgehead atoms. The standard InChI is InChI=1S/C14H22ClNO2/c1-14(2,3)9-18-12-8-11(15)13(17-4)7-10(12)5-6-16/h7-8H,5-6,9,16H2,1-4H3. The molecule has 18 heavy (non-hydrogen) atoms. The van der Waals surface area contributed by atoms with Gasteiger partial charge in [0.1, 0.15) is 11.5 Å². The number of ether oxygens (including phenoxy) is 2. The molecule has 1 aromatic carbocycles. The Morgan fingerprint density at radius 3 is 2.39 bits per heavy atom. The zero-order valence-electron chi connectivity index (χ0n) is 11.5. The molecule has 0 saturated heterocycles. The van der Waals surface area contributed by atoms with Gasteiger partial charge in [-0.3, -0.25) is 0 Å². The third kappa shape index (κ3) is 4.39. The van der Waals surface area contributed by atoms with Gasteiger partial charge in [-0.2, -0.15) is 0 Å². The van der Waals surface area contributed by atoms with Crippen molar-refractivity contribution >= 4 is 11.6 Å². The molecular weight excluding hydrogens is 250 g/mol. The number of hydrogen-bond donors (Lipinski definition) is 1. The van der Waals surface area contributed by atoms with Crippen LogP contribution in [0.3, 0.4) is 0 Å². The van der Waals surface area contributed by atoms with Crippen molar-refractivity contribution in [2.24, 2.45) is 11.1 Å². The van der Waals surface area contributed by atoms with E-state index in [0.29, 0.717) is 23.9 Å². The van der Waals surface area contributed by atoms with E-state index in [1.54, 1.807) is 13.2 Å². The van der Waals surface area contributed by atoms with Gasteiger partial charge in [-0.05, 0) is 30.0 Å². The van der Waals surface area contributed by atoms with E-state index < -0.39 is 0 Å². The van der Waals surface area contributed by atoms with Crippen LogP contribution in [0.25, 0.3) is 0 Å². The molecule has 2 N–H and O–H groups in total. The summed E-state index contributed by atoms with van der Waals surface area (Å²) >= 11 is 6.12. The van der Waals surface area contributed by atoms with Gasteiger partial charge in [0.15, 0.2) is 0 Å². The lowest BCUT2D eigenvalue weighted by atomic mass is 9.98. The average molecular weight is 272 g/mol. The highest BCUT2D eigenvalue weighted by molar-refractivity contribution is 6.32. The van der Waals surface area contributed by atoms with E-state index in [1.165, 1.54) is 0 Å². The Bertz CT molecular complexity index is 400. The largest absolute Gasteiger partial charge is 0.495 e. The zero-order chi connectivity index (χ0) is 13.8. The molecule has 0 unspecified atom stereocenters. The number of hydrogen-bond acceptors (Lipinski definition) is 3. The van der Waals surface area contributed by atoms with Gasteiger partial charge < -0.3 is 15.2 Å². The first-order valence-electron chi connectivity index (χ1n) is 6.06. The van der Waals surface area contributed by atoms with E-state index >= 15 is 0 Å². The molecule has 102 valence electrons. The summed E-state index contributed by atoms with van der Waals surface area (Å²) in [5, 5.41) is 0.558. The molecule has 0 saturated carbocycles. The molecule has 1 rings (SSSR count). The Labute approximate surface area is 114 Å². The van der Waals surface area contributed by atoms with Crippen molar-refractivity contribution in [2.75, 3.05) is 20.3 Å². The first-order valence-corrected chi connectivity index (χ1v) is 6.44. The fraction of sp³-hybridized carbons (Fsp3) is 0.571. The normalized spacial score (nSPS) is 11.4. The molecule has 0 atom stereocenters. The minimum absolute atomic E-state index is 0.104. The van der Waals surface area contributed by atoms with Gasteiger partial charge in [-0.1, -0.05) is 32.4 Å². The molecule has 4 heteroatoms. The van der Waals surface area contributed by atoms with Crippen LogP contribution < -0.4 is 15.2 Å². The summed E-state index contributed by atoms with van der Waals surface area (Å²) in [7, 11) is 1.60. The molecule has 0 amide bonds. The van der Waals surface area contributed by atoms with Crippen LogP contribution in [0.5, 0.6) is 11.5 Å². The second kappa shape index (κ2) is 6.30. The Kier molecular flexibility index (Phi) is 5.29. The molecule has 0 aromatic heterocycles. The molecule has 0 fully saturated rings. The van der Waals surface area contributed by atoms with Crippen molar-refractivity contribution in [3.05, 3.63) is 22.7 Å². The van der Waals surface area contributed by atoms with Gasteiger partial charge in [0, 0.05) is 6.07 Å². The van der Waals surface area contributed by atoms with E-state index in [1.807, 2.05) is 6.07 Å². The maximum atomic E-state index is 6.12. The fourth-order valence-corrected chi connectivity index (χ4v) is 1.74. The van der Waals surface area contributed by atoms with Gasteiger partial charge in [0.05, 0.1) is 18.7 Å². The van der Waals surface area contributed by atoms with Crippen molar-refractivity contribution in [2.45, 2.75) is 27.2 Å². The average Bonchev–Trinajstić information content (AvgIpc) is 2.28. The lowest BCUT2D eigenvalue weighted by Gasteiger charge is -2.21. The Hall–Kier alpha value is -0.930. The highest BCUT2D eigenvalue weighted by Crippen LogP contribution is 2.33. The minimum atomic E-state index is 0.104. The summed E-state index contributed by atoms with van der Waals surface area (Å²) in [6.45, 7) is 7.58. The van der Waals surface area contributed by atoms with Crippen LogP contribution in [-0.2, 0) is 6.42 Å². The smallest absolute Gasteiger partial charge is 0.137 e. The second-order valence-corrected chi connectivity index (χ2v) is 5.89. The maximum absolute atomic E-state index is 6.12. The van der Waals surface area contributed by atoms with Crippen molar-refractivity contribution in [3.8, 4) is 11.5 Å². The summed E-state index contributed by atoms with van der Waals surface area (Å²) in [6.07, 6.45) is 0.743. The topological polar surface area (TPSA) is 44.5 Å². The van der Waals surface area contributed by atoms with Crippen LogP contribution in [0, 0.1) is 5.41 Å². The van der Waals surface area contributed by atoms with Crippen molar-refractivity contribution < 1.29 is 9.47 Å². The third-order valence-electron chi connectivity index (χ3n) is 2.41. The summed E-state index contributed by atoms with van der Waals surface area (Å²) in [4.78, 5) is 0. The van der Waals surface area contributed by atoms with Gasteiger partial charge in [-0.15, -0.1) is 0 Å². The molecule has 3 nitrogen and oxygen atoms in total. The second-order valence-electron chi connectivity index (χ2n) is 5.48. The monoisotopic (exact) mass is 271 g/mol. The SMILES string of the molecule is COc1cc(CCN)c(OCC(C)(C)C)cc1Cl. The van der Waals surface area contributed by atoms with Gasteiger partial charge in [0.2, 0.25) is 0 Å². The van der Waals surface area contributed by atoms with E-state index in [0.717, 1.165) is 17.7 Å². The maximum Gasteiger partial charge on any atom is 0.137 e. The lowest BCUT2D eigenvalue weighted by Crippen LogP contribution is -2.18. The molecule has 0 aliphatic carbocycles. The van der Waals surface area contributed by atoms with Gasteiger partial charge >= 0.3 is 0 Å². The van der Waals surface area contributed by atoms with Crippen molar-refractivity contribution in [3.63, 3.8) is 0 Å². The van der Waals surface area contributed by atoms with Gasteiger partial charge in [0.25, 0.3) is 0 Å². The number of nitrogens with two attached hydrogens (primary N) is 1. The van der Waals surface area contributed by atoms with Crippen molar-refractivity contribution in [1.29, 1.82) is 0 Å².